The van der Waals surface area contributed by atoms with Crippen LogP contribution >= 0.6 is 0 Å². The SMILES string of the molecule is CCn1cc(C(=O)Nc2cccc(C3CC(=O)NC(=O)C3)c2)cn1. The average Bonchev–Trinajstić information content (AvgIpc) is 3.03. The fraction of sp³-hybridized carbons (Fsp3) is 0.294. The van der Waals surface area contributed by atoms with Gasteiger partial charge in [-0.2, -0.15) is 5.10 Å². The lowest BCUT2D eigenvalue weighted by molar-refractivity contribution is -0.133. The molecule has 7 nitrogen and oxygen atoms in total. The molecule has 1 saturated heterocycles. The molecule has 2 aromatic rings. The minimum Gasteiger partial charge on any atom is -0.322 e. The van der Waals surface area contributed by atoms with E-state index in [1.165, 1.54) is 6.20 Å². The second-order valence-corrected chi connectivity index (χ2v) is 5.74. The number of carbonyl (C=O) groups excluding carboxylic acids is 3. The van der Waals surface area contributed by atoms with Crippen molar-refractivity contribution in [2.45, 2.75) is 32.2 Å². The summed E-state index contributed by atoms with van der Waals surface area (Å²) in [6, 6.07) is 7.24. The van der Waals surface area contributed by atoms with Crippen molar-refractivity contribution in [3.8, 4) is 0 Å². The number of benzene rings is 1. The van der Waals surface area contributed by atoms with Gasteiger partial charge in [-0.25, -0.2) is 0 Å². The van der Waals surface area contributed by atoms with Gasteiger partial charge >= 0.3 is 0 Å². The van der Waals surface area contributed by atoms with Gasteiger partial charge in [0, 0.05) is 37.2 Å². The fourth-order valence-corrected chi connectivity index (χ4v) is 2.74. The highest BCUT2D eigenvalue weighted by Crippen LogP contribution is 2.28. The molecule has 1 aliphatic heterocycles. The van der Waals surface area contributed by atoms with Crippen molar-refractivity contribution in [2.24, 2.45) is 0 Å². The van der Waals surface area contributed by atoms with Crippen molar-refractivity contribution >= 4 is 23.4 Å². The van der Waals surface area contributed by atoms with Crippen molar-refractivity contribution in [3.63, 3.8) is 0 Å². The van der Waals surface area contributed by atoms with Gasteiger partial charge in [0.2, 0.25) is 11.8 Å². The third kappa shape index (κ3) is 3.51. The zero-order chi connectivity index (χ0) is 17.1. The summed E-state index contributed by atoms with van der Waals surface area (Å²) >= 11 is 0. The number of aryl methyl sites for hydroxylation is 1. The van der Waals surface area contributed by atoms with Gasteiger partial charge in [0.1, 0.15) is 0 Å². The van der Waals surface area contributed by atoms with Gasteiger partial charge in [0.25, 0.3) is 5.91 Å². The molecule has 1 aromatic heterocycles. The van der Waals surface area contributed by atoms with Gasteiger partial charge in [-0.15, -0.1) is 0 Å². The minimum absolute atomic E-state index is 0.161. The summed E-state index contributed by atoms with van der Waals surface area (Å²) in [5.74, 6) is -0.939. The summed E-state index contributed by atoms with van der Waals surface area (Å²) in [6.07, 6.45) is 3.75. The van der Waals surface area contributed by atoms with E-state index in [0.717, 1.165) is 5.56 Å². The van der Waals surface area contributed by atoms with E-state index in [-0.39, 0.29) is 36.5 Å². The number of nitrogens with zero attached hydrogens (tertiary/aromatic N) is 2. The summed E-state index contributed by atoms with van der Waals surface area (Å²) in [5.41, 5.74) is 1.97. The molecule has 0 radical (unpaired) electrons. The first kappa shape index (κ1) is 15.9. The molecule has 3 rings (SSSR count). The lowest BCUT2D eigenvalue weighted by Gasteiger charge is -2.21. The summed E-state index contributed by atoms with van der Waals surface area (Å²) in [4.78, 5) is 35.3. The van der Waals surface area contributed by atoms with Crippen LogP contribution in [0.15, 0.2) is 36.7 Å². The highest BCUT2D eigenvalue weighted by Gasteiger charge is 2.26. The fourth-order valence-electron chi connectivity index (χ4n) is 2.74. The molecule has 0 spiro atoms. The van der Waals surface area contributed by atoms with Gasteiger partial charge < -0.3 is 5.32 Å². The molecule has 1 fully saturated rings. The van der Waals surface area contributed by atoms with E-state index in [1.54, 1.807) is 29.1 Å². The number of rotatable bonds is 4. The number of hydrogen-bond donors (Lipinski definition) is 2. The number of imide groups is 1. The van der Waals surface area contributed by atoms with E-state index in [0.29, 0.717) is 17.8 Å². The zero-order valence-corrected chi connectivity index (χ0v) is 13.3. The Kier molecular flexibility index (Phi) is 4.41. The van der Waals surface area contributed by atoms with Gasteiger partial charge in [-0.05, 0) is 24.6 Å². The Morgan fingerprint density at radius 3 is 2.75 bits per heavy atom. The first-order valence-corrected chi connectivity index (χ1v) is 7.81. The molecule has 2 N–H and O–H groups in total. The molecule has 0 bridgehead atoms. The van der Waals surface area contributed by atoms with Crippen LogP contribution < -0.4 is 10.6 Å². The van der Waals surface area contributed by atoms with Gasteiger partial charge in [0.15, 0.2) is 0 Å². The number of hydrogen-bond acceptors (Lipinski definition) is 4. The predicted octanol–water partition coefficient (Wildman–Crippen LogP) is 1.68. The van der Waals surface area contributed by atoms with Gasteiger partial charge in [-0.3, -0.25) is 24.4 Å². The summed E-state index contributed by atoms with van der Waals surface area (Å²) in [7, 11) is 0. The highest BCUT2D eigenvalue weighted by molar-refractivity contribution is 6.04. The van der Waals surface area contributed by atoms with Crippen molar-refractivity contribution in [1.82, 2.24) is 15.1 Å². The Bertz CT molecular complexity index is 781. The Hall–Kier alpha value is -2.96. The summed E-state index contributed by atoms with van der Waals surface area (Å²) < 4.78 is 1.68. The standard InChI is InChI=1S/C17H18N4O3/c1-2-21-10-13(9-18-21)17(24)19-14-5-3-4-11(6-14)12-7-15(22)20-16(23)8-12/h3-6,9-10,12H,2,7-8H2,1H3,(H,19,24)(H,20,22,23). The van der Waals surface area contributed by atoms with Crippen LogP contribution in [-0.4, -0.2) is 27.5 Å². The molecule has 7 heteroatoms. The molecule has 1 aromatic carbocycles. The van der Waals surface area contributed by atoms with Crippen molar-refractivity contribution in [2.75, 3.05) is 5.32 Å². The van der Waals surface area contributed by atoms with E-state index in [2.05, 4.69) is 15.7 Å². The van der Waals surface area contributed by atoms with Crippen LogP contribution in [-0.2, 0) is 16.1 Å². The zero-order valence-electron chi connectivity index (χ0n) is 13.3. The van der Waals surface area contributed by atoms with E-state index in [9.17, 15) is 14.4 Å². The molecular formula is C17H18N4O3. The van der Waals surface area contributed by atoms with Crippen LogP contribution in [0.1, 0.15) is 41.6 Å². The second kappa shape index (κ2) is 6.66. The Morgan fingerprint density at radius 2 is 2.08 bits per heavy atom. The maximum absolute atomic E-state index is 12.3. The lowest BCUT2D eigenvalue weighted by atomic mass is 9.89. The number of piperidine rings is 1. The van der Waals surface area contributed by atoms with Crippen LogP contribution in [0.5, 0.6) is 0 Å². The number of aromatic nitrogens is 2. The molecule has 0 aliphatic carbocycles. The topological polar surface area (TPSA) is 93.1 Å². The Morgan fingerprint density at radius 1 is 1.33 bits per heavy atom. The number of anilines is 1. The first-order chi connectivity index (χ1) is 11.5. The van der Waals surface area contributed by atoms with E-state index in [1.807, 2.05) is 13.0 Å². The molecule has 0 atom stereocenters. The van der Waals surface area contributed by atoms with Crippen molar-refractivity contribution < 1.29 is 14.4 Å². The van der Waals surface area contributed by atoms with E-state index < -0.39 is 0 Å². The second-order valence-electron chi connectivity index (χ2n) is 5.74. The third-order valence-electron chi connectivity index (χ3n) is 3.98. The van der Waals surface area contributed by atoms with Crippen LogP contribution in [0.25, 0.3) is 0 Å². The molecule has 0 saturated carbocycles. The van der Waals surface area contributed by atoms with Crippen LogP contribution in [0.2, 0.25) is 0 Å². The van der Waals surface area contributed by atoms with Crippen LogP contribution in [0, 0.1) is 0 Å². The Balaban J connectivity index is 1.74. The number of amides is 3. The molecule has 0 unspecified atom stereocenters. The lowest BCUT2D eigenvalue weighted by Crippen LogP contribution is -2.37. The maximum Gasteiger partial charge on any atom is 0.258 e. The number of carbonyl (C=O) groups is 3. The van der Waals surface area contributed by atoms with Crippen LogP contribution in [0.4, 0.5) is 5.69 Å². The summed E-state index contributed by atoms with van der Waals surface area (Å²) in [5, 5.41) is 9.20. The van der Waals surface area contributed by atoms with Crippen LogP contribution in [0.3, 0.4) is 0 Å². The highest BCUT2D eigenvalue weighted by atomic mass is 16.2. The third-order valence-corrected chi connectivity index (χ3v) is 3.98. The Labute approximate surface area is 139 Å². The quantitative estimate of drug-likeness (QED) is 0.836. The molecule has 24 heavy (non-hydrogen) atoms. The molecule has 1 aliphatic rings. The average molecular weight is 326 g/mol. The maximum atomic E-state index is 12.3. The minimum atomic E-state index is -0.266. The summed E-state index contributed by atoms with van der Waals surface area (Å²) in [6.45, 7) is 2.64. The van der Waals surface area contributed by atoms with E-state index >= 15 is 0 Å². The van der Waals surface area contributed by atoms with Crippen molar-refractivity contribution in [3.05, 3.63) is 47.8 Å². The van der Waals surface area contributed by atoms with Crippen molar-refractivity contribution in [1.29, 1.82) is 0 Å². The normalized spacial score (nSPS) is 15.2. The predicted molar refractivity (Wildman–Crippen MR) is 87.4 cm³/mol. The molecule has 3 amide bonds. The first-order valence-electron chi connectivity index (χ1n) is 7.81. The monoisotopic (exact) mass is 326 g/mol. The molecule has 124 valence electrons. The smallest absolute Gasteiger partial charge is 0.258 e. The molecule has 2 heterocycles. The molecular weight excluding hydrogens is 308 g/mol. The van der Waals surface area contributed by atoms with Gasteiger partial charge in [-0.1, -0.05) is 12.1 Å². The van der Waals surface area contributed by atoms with E-state index in [4.69, 9.17) is 0 Å². The van der Waals surface area contributed by atoms with Gasteiger partial charge in [0.05, 0.1) is 11.8 Å². The number of nitrogens with one attached hydrogen (secondary N) is 2. The largest absolute Gasteiger partial charge is 0.322 e.